The Kier molecular flexibility index (Phi) is 4.20. The molecule has 2 aliphatic heterocycles. The maximum atomic E-state index is 12.4. The van der Waals surface area contributed by atoms with E-state index in [1.807, 2.05) is 0 Å². The molecule has 0 spiro atoms. The van der Waals surface area contributed by atoms with Gasteiger partial charge in [-0.1, -0.05) is 0 Å². The zero-order valence-electron chi connectivity index (χ0n) is 12.5. The van der Waals surface area contributed by atoms with Crippen molar-refractivity contribution >= 4 is 21.6 Å². The summed E-state index contributed by atoms with van der Waals surface area (Å²) in [6.07, 6.45) is 1.58. The third-order valence-corrected chi connectivity index (χ3v) is 5.64. The molecule has 2 heterocycles. The number of anilines is 1. The van der Waals surface area contributed by atoms with Crippen LogP contribution in [0, 0.1) is 5.92 Å². The topological polar surface area (TPSA) is 75.7 Å². The van der Waals surface area contributed by atoms with E-state index < -0.39 is 10.0 Å². The smallest absolute Gasteiger partial charge is 0.240 e. The quantitative estimate of drug-likeness (QED) is 0.893. The van der Waals surface area contributed by atoms with Gasteiger partial charge in [-0.2, -0.15) is 0 Å². The molecule has 0 aliphatic carbocycles. The molecule has 1 amide bonds. The lowest BCUT2D eigenvalue weighted by Gasteiger charge is -2.15. The lowest BCUT2D eigenvalue weighted by molar-refractivity contribution is -0.116. The number of hydrogen-bond acceptors (Lipinski definition) is 4. The third-order valence-electron chi connectivity index (χ3n) is 4.22. The van der Waals surface area contributed by atoms with E-state index in [0.29, 0.717) is 32.7 Å². The fourth-order valence-corrected chi connectivity index (χ4v) is 4.09. The summed E-state index contributed by atoms with van der Waals surface area (Å²) in [5, 5.41) is 0. The van der Waals surface area contributed by atoms with Gasteiger partial charge in [0.25, 0.3) is 0 Å². The first-order valence-corrected chi connectivity index (χ1v) is 8.94. The lowest BCUT2D eigenvalue weighted by Crippen LogP contribution is -2.29. The van der Waals surface area contributed by atoms with Crippen LogP contribution >= 0.6 is 0 Å². The second-order valence-corrected chi connectivity index (χ2v) is 7.56. The van der Waals surface area contributed by atoms with E-state index in [1.165, 1.54) is 6.92 Å². The van der Waals surface area contributed by atoms with Crippen LogP contribution in [0.3, 0.4) is 0 Å². The van der Waals surface area contributed by atoms with Crippen molar-refractivity contribution in [3.8, 4) is 0 Å². The van der Waals surface area contributed by atoms with Crippen LogP contribution < -0.4 is 9.62 Å². The van der Waals surface area contributed by atoms with Gasteiger partial charge < -0.3 is 9.64 Å². The Morgan fingerprint density at radius 1 is 1.45 bits per heavy atom. The Bertz CT molecular complexity index is 681. The van der Waals surface area contributed by atoms with Crippen molar-refractivity contribution in [2.75, 3.05) is 31.2 Å². The Hall–Kier alpha value is -1.44. The van der Waals surface area contributed by atoms with E-state index in [-0.39, 0.29) is 16.7 Å². The average molecular weight is 324 g/mol. The number of amides is 1. The average Bonchev–Trinajstić information content (AvgIpc) is 3.13. The molecular weight excluding hydrogens is 304 g/mol. The molecule has 1 aromatic carbocycles. The number of ether oxygens (including phenoxy) is 1. The first kappa shape index (κ1) is 15.5. The summed E-state index contributed by atoms with van der Waals surface area (Å²) >= 11 is 0. The number of nitrogens with zero attached hydrogens (tertiary/aromatic N) is 1. The van der Waals surface area contributed by atoms with Crippen LogP contribution in [0.15, 0.2) is 23.1 Å². The number of sulfonamides is 1. The Balaban J connectivity index is 1.75. The normalized spacial score (nSPS) is 21.1. The highest BCUT2D eigenvalue weighted by molar-refractivity contribution is 7.89. The van der Waals surface area contributed by atoms with Gasteiger partial charge in [0.2, 0.25) is 15.9 Å². The van der Waals surface area contributed by atoms with Crippen LogP contribution in [0.25, 0.3) is 0 Å². The van der Waals surface area contributed by atoms with Crippen molar-refractivity contribution in [1.29, 1.82) is 0 Å². The van der Waals surface area contributed by atoms with Crippen molar-refractivity contribution < 1.29 is 17.9 Å². The SMILES string of the molecule is CC(=O)N1CCc2cc(S(=O)(=O)NC[C@H]3CCOC3)ccc21. The molecule has 1 aromatic rings. The van der Waals surface area contributed by atoms with Gasteiger partial charge in [-0.3, -0.25) is 4.79 Å². The van der Waals surface area contributed by atoms with Crippen LogP contribution in [0.5, 0.6) is 0 Å². The molecule has 7 heteroatoms. The molecule has 0 bridgehead atoms. The summed E-state index contributed by atoms with van der Waals surface area (Å²) in [6, 6.07) is 4.95. The Morgan fingerprint density at radius 2 is 2.27 bits per heavy atom. The van der Waals surface area contributed by atoms with Gasteiger partial charge in [0.05, 0.1) is 11.5 Å². The van der Waals surface area contributed by atoms with Crippen LogP contribution in [-0.2, 0) is 26.0 Å². The first-order chi connectivity index (χ1) is 10.5. The Morgan fingerprint density at radius 3 is 2.95 bits per heavy atom. The van der Waals surface area contributed by atoms with E-state index >= 15 is 0 Å². The molecule has 0 unspecified atom stereocenters. The number of carbonyl (C=O) groups excluding carboxylic acids is 1. The predicted octanol–water partition coefficient (Wildman–Crippen LogP) is 0.910. The van der Waals surface area contributed by atoms with Crippen molar-refractivity contribution in [2.45, 2.75) is 24.7 Å². The van der Waals surface area contributed by atoms with Crippen molar-refractivity contribution in [1.82, 2.24) is 4.72 Å². The molecule has 0 saturated carbocycles. The van der Waals surface area contributed by atoms with Gasteiger partial charge in [-0.05, 0) is 42.5 Å². The van der Waals surface area contributed by atoms with Gasteiger partial charge in [0.15, 0.2) is 0 Å². The standard InChI is InChI=1S/C15H20N2O4S/c1-11(18)17-6-4-13-8-14(2-3-15(13)17)22(19,20)16-9-12-5-7-21-10-12/h2-3,8,12,16H,4-7,9-10H2,1H3/t12-/m1/s1. The van der Waals surface area contributed by atoms with E-state index in [0.717, 1.165) is 17.7 Å². The minimum absolute atomic E-state index is 0.0197. The zero-order chi connectivity index (χ0) is 15.7. The molecule has 1 N–H and O–H groups in total. The molecule has 0 aromatic heterocycles. The fraction of sp³-hybridized carbons (Fsp3) is 0.533. The maximum Gasteiger partial charge on any atom is 0.240 e. The Labute approximate surface area is 130 Å². The maximum absolute atomic E-state index is 12.4. The zero-order valence-corrected chi connectivity index (χ0v) is 13.4. The van der Waals surface area contributed by atoms with Crippen LogP contribution in [0.1, 0.15) is 18.9 Å². The molecule has 1 saturated heterocycles. The summed E-state index contributed by atoms with van der Waals surface area (Å²) < 4.78 is 32.6. The van der Waals surface area contributed by atoms with Crippen LogP contribution in [-0.4, -0.2) is 40.6 Å². The van der Waals surface area contributed by atoms with Gasteiger partial charge in [0, 0.05) is 32.3 Å². The molecule has 0 radical (unpaired) electrons. The second kappa shape index (κ2) is 5.98. The fourth-order valence-electron chi connectivity index (χ4n) is 2.93. The van der Waals surface area contributed by atoms with E-state index in [1.54, 1.807) is 23.1 Å². The first-order valence-electron chi connectivity index (χ1n) is 7.46. The molecule has 120 valence electrons. The molecule has 3 rings (SSSR count). The summed E-state index contributed by atoms with van der Waals surface area (Å²) in [6.45, 7) is 3.84. The highest BCUT2D eigenvalue weighted by Crippen LogP contribution is 2.30. The molecule has 22 heavy (non-hydrogen) atoms. The van der Waals surface area contributed by atoms with Gasteiger partial charge >= 0.3 is 0 Å². The minimum atomic E-state index is -3.52. The molecule has 2 aliphatic rings. The minimum Gasteiger partial charge on any atom is -0.381 e. The van der Waals surface area contributed by atoms with Crippen molar-refractivity contribution in [3.05, 3.63) is 23.8 Å². The number of fused-ring (bicyclic) bond motifs is 1. The summed E-state index contributed by atoms with van der Waals surface area (Å²) in [5.74, 6) is 0.228. The second-order valence-electron chi connectivity index (χ2n) is 5.79. The number of nitrogens with one attached hydrogen (secondary N) is 1. The predicted molar refractivity (Wildman–Crippen MR) is 82.3 cm³/mol. The third kappa shape index (κ3) is 3.02. The van der Waals surface area contributed by atoms with Crippen LogP contribution in [0.2, 0.25) is 0 Å². The highest BCUT2D eigenvalue weighted by atomic mass is 32.2. The molecule has 1 atom stereocenters. The van der Waals surface area contributed by atoms with Gasteiger partial charge in [0.1, 0.15) is 0 Å². The number of hydrogen-bond donors (Lipinski definition) is 1. The van der Waals surface area contributed by atoms with E-state index in [9.17, 15) is 13.2 Å². The lowest BCUT2D eigenvalue weighted by atomic mass is 10.1. The monoisotopic (exact) mass is 324 g/mol. The number of benzene rings is 1. The summed E-state index contributed by atoms with van der Waals surface area (Å²) in [4.78, 5) is 13.5. The van der Waals surface area contributed by atoms with Crippen molar-refractivity contribution in [3.63, 3.8) is 0 Å². The number of rotatable bonds is 4. The molecule has 1 fully saturated rings. The van der Waals surface area contributed by atoms with E-state index in [2.05, 4.69) is 4.72 Å². The van der Waals surface area contributed by atoms with Gasteiger partial charge in [-0.15, -0.1) is 0 Å². The van der Waals surface area contributed by atoms with Gasteiger partial charge in [-0.25, -0.2) is 13.1 Å². The number of carbonyl (C=O) groups is 1. The molecule has 6 nitrogen and oxygen atoms in total. The van der Waals surface area contributed by atoms with Crippen molar-refractivity contribution in [2.24, 2.45) is 5.92 Å². The largest absolute Gasteiger partial charge is 0.381 e. The molecular formula is C15H20N2O4S. The summed E-state index contributed by atoms with van der Waals surface area (Å²) in [7, 11) is -3.52. The highest BCUT2D eigenvalue weighted by Gasteiger charge is 2.25. The summed E-state index contributed by atoms with van der Waals surface area (Å²) in [5.41, 5.74) is 1.72. The van der Waals surface area contributed by atoms with E-state index in [4.69, 9.17) is 4.74 Å². The van der Waals surface area contributed by atoms with Crippen LogP contribution in [0.4, 0.5) is 5.69 Å².